The van der Waals surface area contributed by atoms with Crippen molar-refractivity contribution in [2.75, 3.05) is 6.54 Å². The molecule has 0 radical (unpaired) electrons. The predicted octanol–water partition coefficient (Wildman–Crippen LogP) is 1.07. The number of carbonyl (C=O) groups excluding carboxylic acids is 1. The first-order valence-electron chi connectivity index (χ1n) is 6.27. The maximum absolute atomic E-state index is 11.8. The lowest BCUT2D eigenvalue weighted by atomic mass is 9.87. The summed E-state index contributed by atoms with van der Waals surface area (Å²) in [6.45, 7) is 0.520. The summed E-state index contributed by atoms with van der Waals surface area (Å²) in [4.78, 5) is 15.6. The number of hydrogen-bond acceptors (Lipinski definition) is 4. The van der Waals surface area contributed by atoms with Gasteiger partial charge in [0.2, 0.25) is 0 Å². The van der Waals surface area contributed by atoms with Gasteiger partial charge in [-0.15, -0.1) is 0 Å². The van der Waals surface area contributed by atoms with E-state index in [1.165, 1.54) is 12.3 Å². The molecule has 18 heavy (non-hydrogen) atoms. The summed E-state index contributed by atoms with van der Waals surface area (Å²) in [5.41, 5.74) is 0.0499. The molecule has 2 atom stereocenters. The summed E-state index contributed by atoms with van der Waals surface area (Å²) < 4.78 is 0. The van der Waals surface area contributed by atoms with Gasteiger partial charge in [0.1, 0.15) is 5.75 Å². The Morgan fingerprint density at radius 1 is 1.50 bits per heavy atom. The number of hydrogen-bond donors (Lipinski definition) is 3. The average Bonchev–Trinajstić information content (AvgIpc) is 2.37. The van der Waals surface area contributed by atoms with Crippen LogP contribution in [0.2, 0.25) is 0 Å². The molecule has 2 rings (SSSR count). The van der Waals surface area contributed by atoms with Gasteiger partial charge in [-0.1, -0.05) is 6.42 Å². The van der Waals surface area contributed by atoms with E-state index < -0.39 is 0 Å². The second-order valence-electron chi connectivity index (χ2n) is 4.77. The number of rotatable bonds is 3. The Kier molecular flexibility index (Phi) is 4.15. The van der Waals surface area contributed by atoms with E-state index in [2.05, 4.69) is 10.3 Å². The Morgan fingerprint density at radius 3 is 3.06 bits per heavy atom. The maximum Gasteiger partial charge on any atom is 0.273 e. The number of amides is 1. The van der Waals surface area contributed by atoms with E-state index in [1.807, 2.05) is 0 Å². The third kappa shape index (κ3) is 3.20. The second-order valence-corrected chi connectivity index (χ2v) is 4.77. The number of nitrogens with zero attached hydrogens (tertiary/aromatic N) is 1. The molecule has 1 heterocycles. The monoisotopic (exact) mass is 250 g/mol. The van der Waals surface area contributed by atoms with Gasteiger partial charge in [0.15, 0.2) is 5.69 Å². The number of carbonyl (C=O) groups is 1. The van der Waals surface area contributed by atoms with Crippen molar-refractivity contribution in [2.45, 2.75) is 31.8 Å². The third-order valence-corrected chi connectivity index (χ3v) is 3.31. The lowest BCUT2D eigenvalue weighted by molar-refractivity contribution is 0.0868. The molecule has 1 aliphatic rings. The maximum atomic E-state index is 11.8. The van der Waals surface area contributed by atoms with E-state index in [4.69, 9.17) is 0 Å². The van der Waals surface area contributed by atoms with Crippen LogP contribution < -0.4 is 5.32 Å². The molecule has 0 aliphatic heterocycles. The van der Waals surface area contributed by atoms with Gasteiger partial charge < -0.3 is 15.5 Å². The molecule has 3 N–H and O–H groups in total. The molecule has 1 amide bonds. The third-order valence-electron chi connectivity index (χ3n) is 3.31. The van der Waals surface area contributed by atoms with Crippen LogP contribution in [0.1, 0.15) is 36.2 Å². The molecule has 1 aromatic heterocycles. The van der Waals surface area contributed by atoms with Crippen LogP contribution in [-0.2, 0) is 0 Å². The van der Waals surface area contributed by atoms with Gasteiger partial charge >= 0.3 is 0 Å². The number of nitrogens with one attached hydrogen (secondary N) is 1. The largest absolute Gasteiger partial charge is 0.505 e. The minimum atomic E-state index is -0.367. The molecular weight excluding hydrogens is 232 g/mol. The summed E-state index contributed by atoms with van der Waals surface area (Å²) in [5, 5.41) is 21.8. The number of aromatic nitrogens is 1. The normalized spacial score (nSPS) is 23.6. The van der Waals surface area contributed by atoms with Crippen LogP contribution in [0.4, 0.5) is 0 Å². The molecule has 1 saturated carbocycles. The second kappa shape index (κ2) is 5.82. The standard InChI is InChI=1S/C13H18N2O3/c16-10-4-1-3-9(7-10)8-15-13(18)12-11(17)5-2-6-14-12/h2,5-6,9-10,16-17H,1,3-4,7-8H2,(H,15,18). The van der Waals surface area contributed by atoms with Gasteiger partial charge in [-0.25, -0.2) is 4.98 Å². The molecular formula is C13H18N2O3. The van der Waals surface area contributed by atoms with E-state index in [0.717, 1.165) is 25.7 Å². The minimum Gasteiger partial charge on any atom is -0.505 e. The number of aliphatic hydroxyl groups is 1. The molecule has 0 spiro atoms. The van der Waals surface area contributed by atoms with Gasteiger partial charge in [0.05, 0.1) is 6.10 Å². The molecule has 0 saturated heterocycles. The highest BCUT2D eigenvalue weighted by Crippen LogP contribution is 2.23. The van der Waals surface area contributed by atoms with Crippen molar-refractivity contribution in [3.8, 4) is 5.75 Å². The molecule has 5 nitrogen and oxygen atoms in total. The van der Waals surface area contributed by atoms with E-state index in [-0.39, 0.29) is 23.5 Å². The molecule has 5 heteroatoms. The van der Waals surface area contributed by atoms with Crippen molar-refractivity contribution in [3.63, 3.8) is 0 Å². The molecule has 0 aromatic carbocycles. The van der Waals surface area contributed by atoms with Crippen molar-refractivity contribution in [1.29, 1.82) is 0 Å². The lowest BCUT2D eigenvalue weighted by Crippen LogP contribution is -2.33. The molecule has 98 valence electrons. The lowest BCUT2D eigenvalue weighted by Gasteiger charge is -2.25. The molecule has 1 fully saturated rings. The highest BCUT2D eigenvalue weighted by atomic mass is 16.3. The predicted molar refractivity (Wildman–Crippen MR) is 66.2 cm³/mol. The Morgan fingerprint density at radius 2 is 2.33 bits per heavy atom. The highest BCUT2D eigenvalue weighted by molar-refractivity contribution is 5.94. The van der Waals surface area contributed by atoms with Gasteiger partial charge in [-0.3, -0.25) is 4.79 Å². The van der Waals surface area contributed by atoms with Crippen LogP contribution in [0.25, 0.3) is 0 Å². The highest BCUT2D eigenvalue weighted by Gasteiger charge is 2.21. The fraction of sp³-hybridized carbons (Fsp3) is 0.538. The fourth-order valence-corrected chi connectivity index (χ4v) is 2.34. The molecule has 2 unspecified atom stereocenters. The summed E-state index contributed by atoms with van der Waals surface area (Å²) >= 11 is 0. The number of aromatic hydroxyl groups is 1. The fourth-order valence-electron chi connectivity index (χ4n) is 2.34. The zero-order chi connectivity index (χ0) is 13.0. The smallest absolute Gasteiger partial charge is 0.273 e. The van der Waals surface area contributed by atoms with Crippen LogP contribution in [-0.4, -0.2) is 33.8 Å². The summed E-state index contributed by atoms with van der Waals surface area (Å²) in [7, 11) is 0. The molecule has 1 aliphatic carbocycles. The Bertz CT molecular complexity index is 422. The SMILES string of the molecule is O=C(NCC1CCCC(O)C1)c1ncccc1O. The topological polar surface area (TPSA) is 82.5 Å². The van der Waals surface area contributed by atoms with Crippen molar-refractivity contribution < 1.29 is 15.0 Å². The summed E-state index contributed by atoms with van der Waals surface area (Å²) in [6.07, 6.45) is 4.82. The molecule has 0 bridgehead atoms. The van der Waals surface area contributed by atoms with Crippen molar-refractivity contribution in [3.05, 3.63) is 24.0 Å². The van der Waals surface area contributed by atoms with E-state index in [1.54, 1.807) is 6.07 Å². The van der Waals surface area contributed by atoms with E-state index in [0.29, 0.717) is 12.5 Å². The first kappa shape index (κ1) is 12.8. The zero-order valence-electron chi connectivity index (χ0n) is 10.2. The van der Waals surface area contributed by atoms with Crippen molar-refractivity contribution >= 4 is 5.91 Å². The quantitative estimate of drug-likeness (QED) is 0.749. The van der Waals surface area contributed by atoms with Crippen LogP contribution >= 0.6 is 0 Å². The van der Waals surface area contributed by atoms with Crippen LogP contribution in [0.3, 0.4) is 0 Å². The summed E-state index contributed by atoms with van der Waals surface area (Å²) in [6, 6.07) is 3.01. The minimum absolute atomic E-state index is 0.0499. The van der Waals surface area contributed by atoms with Crippen molar-refractivity contribution in [2.24, 2.45) is 5.92 Å². The number of aliphatic hydroxyl groups excluding tert-OH is 1. The van der Waals surface area contributed by atoms with Gasteiger partial charge in [-0.2, -0.15) is 0 Å². The van der Waals surface area contributed by atoms with Crippen molar-refractivity contribution in [1.82, 2.24) is 10.3 Å². The Labute approximate surface area is 106 Å². The van der Waals surface area contributed by atoms with Gasteiger partial charge in [0, 0.05) is 12.7 Å². The molecule has 1 aromatic rings. The van der Waals surface area contributed by atoms with Crippen LogP contribution in [0.15, 0.2) is 18.3 Å². The number of pyridine rings is 1. The van der Waals surface area contributed by atoms with Crippen LogP contribution in [0, 0.1) is 5.92 Å². The van der Waals surface area contributed by atoms with Gasteiger partial charge in [0.25, 0.3) is 5.91 Å². The Hall–Kier alpha value is -1.62. The summed E-state index contributed by atoms with van der Waals surface area (Å²) in [5.74, 6) is -0.171. The van der Waals surface area contributed by atoms with E-state index >= 15 is 0 Å². The first-order valence-corrected chi connectivity index (χ1v) is 6.27. The van der Waals surface area contributed by atoms with Gasteiger partial charge in [-0.05, 0) is 37.3 Å². The first-order chi connectivity index (χ1) is 8.66. The Balaban J connectivity index is 1.87. The van der Waals surface area contributed by atoms with Crippen LogP contribution in [0.5, 0.6) is 5.75 Å². The zero-order valence-corrected chi connectivity index (χ0v) is 10.2. The average molecular weight is 250 g/mol. The van der Waals surface area contributed by atoms with E-state index in [9.17, 15) is 15.0 Å².